The van der Waals surface area contributed by atoms with Crippen LogP contribution in [0.3, 0.4) is 0 Å². The molecule has 7 aromatic heterocycles. The van der Waals surface area contributed by atoms with Gasteiger partial charge in [0.05, 0.1) is 130 Å². The summed E-state index contributed by atoms with van der Waals surface area (Å²) in [6, 6.07) is 18.1. The van der Waals surface area contributed by atoms with Crippen LogP contribution < -0.4 is 37.2 Å². The van der Waals surface area contributed by atoms with Crippen LogP contribution in [-0.4, -0.2) is 165 Å². The molecule has 41 heteroatoms. The molecule has 21 rings (SSSR count). The minimum Gasteiger partial charge on any atom is -0.331 e. The highest BCUT2D eigenvalue weighted by Crippen LogP contribution is 2.57. The van der Waals surface area contributed by atoms with Crippen LogP contribution >= 0.6 is 0 Å². The van der Waals surface area contributed by atoms with Gasteiger partial charge >= 0.3 is 0 Å². The summed E-state index contributed by atoms with van der Waals surface area (Å²) in [7, 11) is 0. The molecule has 7 amide bonds. The number of hydrogen-bond acceptors (Lipinski definition) is 31. The predicted octanol–water partition coefficient (Wildman–Crippen LogP) is 9.82. The van der Waals surface area contributed by atoms with Crippen molar-refractivity contribution in [2.75, 3.05) is 0 Å². The lowest BCUT2D eigenvalue weighted by Gasteiger charge is -2.26. The van der Waals surface area contributed by atoms with Crippen molar-refractivity contribution < 1.29 is 80.3 Å². The highest BCUT2D eigenvalue weighted by molar-refractivity contribution is 6.31. The van der Waals surface area contributed by atoms with Gasteiger partial charge < -0.3 is 37.2 Å². The van der Waals surface area contributed by atoms with E-state index in [0.717, 1.165) is 85.6 Å². The molecule has 0 aromatic carbocycles. The fraction of sp³-hybridized carbons (Fsp3) is 0.374. The molecule has 8 atom stereocenters. The first-order valence-corrected chi connectivity index (χ1v) is 47.1. The third-order valence-electron chi connectivity index (χ3n) is 26.9. The number of aromatic nitrogens is 14. The minimum absolute atomic E-state index is 0. The maximum Gasteiger partial charge on any atom is 0.256 e. The molecular weight excluding hydrogens is 1900 g/mol. The second-order valence-corrected chi connectivity index (χ2v) is 37.1. The number of hydrogen-bond donors (Lipinski definition) is 7. The van der Waals surface area contributed by atoms with Gasteiger partial charge in [-0.2, -0.15) is 15.8 Å². The highest BCUT2D eigenvalue weighted by Gasteiger charge is 2.59. The van der Waals surface area contributed by atoms with Crippen LogP contribution in [0.25, 0.3) is 39.0 Å². The van der Waals surface area contributed by atoms with Crippen molar-refractivity contribution in [1.29, 1.82) is 15.8 Å². The van der Waals surface area contributed by atoms with E-state index in [9.17, 15) is 85.6 Å². The maximum atomic E-state index is 13.4. The molecule has 0 bridgehead atoms. The van der Waals surface area contributed by atoms with Crippen molar-refractivity contribution in [3.05, 3.63) is 205 Å². The Morgan fingerprint density at radius 3 is 0.764 bits per heavy atom. The number of allylic oxidation sites excluding steroid dienone is 7. The van der Waals surface area contributed by atoms with Crippen molar-refractivity contribution in [1.82, 2.24) is 109 Å². The molecule has 7 fully saturated rings. The average molecular weight is 2000 g/mol. The molecule has 7 aliphatic heterocycles. The summed E-state index contributed by atoms with van der Waals surface area (Å²) in [4.78, 5) is 161. The number of terminal acetylenes is 4. The summed E-state index contributed by atoms with van der Waals surface area (Å²) < 4.78 is 39.9. The number of nitriles is 3. The second kappa shape index (κ2) is 46.7. The Bertz CT molecular complexity index is 7060. The predicted molar refractivity (Wildman–Crippen MR) is 524 cm³/mol. The van der Waals surface area contributed by atoms with E-state index in [-0.39, 0.29) is 182 Å². The zero-order valence-electron chi connectivity index (χ0n) is 79.1. The van der Waals surface area contributed by atoms with Crippen LogP contribution in [0, 0.1) is 107 Å². The number of halogens is 3. The molecule has 0 saturated heterocycles. The van der Waals surface area contributed by atoms with Gasteiger partial charge in [-0.25, -0.2) is 13.2 Å². The number of Topliss-reactive ketones (excluding diaryl/α,β-unsaturated/α-hetero) is 7. The standard InChI is InChI=1S/C16H16N4O2.C16H15N3O2.C15H13FN4O2.C15H14N4O2.C15H13N3O2.C14H9F2N3O2.C14H11N3O2.2CH4/c1-8(2)9-3-10(9)11-4-13(19-20-14(11)6-17)12-7-18-16(22)5-15(12)21;1-2-13-11(10-5-3-4-6-10)7-14(19-18-13)12-9-17-16(21)8-15(12)20;1-7(16)8-2-9(8)10-3-12(19-20-13(10)5-17)11-6-18-15(22)4-14(11)21;1-2-8-3-9(8)10-4-12(18-19-13(10)6-16)11-7-17-15(21)5-14(11)20;1-2-12-10(9-4-3-5-9)6-13(18-17-12)11-8-16-15(20)7-14(11)19;1-2-10-7(9-5-14(9,15)16)3-11(19-18-10)8-6-17-13(21)4-12(8)20;1-2-11-9(8-3-4-8)5-12(17-16-11)10-7-15-14(19)6-13(10)18;;/h4,7-10H,3,5H2,1-2H3,(H,18,22);1,7,9-10H,3-6,8H2,(H,17,21);3,6-9H,2,4H2,1H3,(H,18,22);4,7-9H,2-3,5H2,1H3,(H,17,21);1,6,8-9H,3-5,7H2,(H,16,20);1,3,6,9H,4-5H2,(H,17,21);1,5,7-8H,3-4,6H2,(H,15,19);2*1H4/t9-,10+;;7?,8-,9+;8-,9-;;9-;;;/m1.10.0.../s1. The number of ketones is 7. The lowest BCUT2D eigenvalue weighted by molar-refractivity contribution is -0.127. The topological polar surface area (TPSA) is 575 Å². The van der Waals surface area contributed by atoms with Gasteiger partial charge in [0.25, 0.3) is 5.92 Å². The summed E-state index contributed by atoms with van der Waals surface area (Å²) >= 11 is 0. The molecule has 1 unspecified atom stereocenters. The van der Waals surface area contributed by atoms with E-state index in [4.69, 9.17) is 36.2 Å². The van der Waals surface area contributed by atoms with E-state index in [1.165, 1.54) is 75.7 Å². The van der Waals surface area contributed by atoms with Crippen LogP contribution in [0.4, 0.5) is 13.2 Å². The van der Waals surface area contributed by atoms with E-state index in [1.54, 1.807) is 18.2 Å². The molecule has 148 heavy (non-hydrogen) atoms. The molecule has 752 valence electrons. The van der Waals surface area contributed by atoms with Gasteiger partial charge in [-0.3, -0.25) is 67.1 Å². The van der Waals surface area contributed by atoms with E-state index in [1.807, 2.05) is 24.3 Å². The highest BCUT2D eigenvalue weighted by atomic mass is 19.3. The summed E-state index contributed by atoms with van der Waals surface area (Å²) in [6.45, 7) is 7.94. The lowest BCUT2D eigenvalue weighted by atomic mass is 9.79. The van der Waals surface area contributed by atoms with E-state index in [2.05, 4.69) is 165 Å². The fourth-order valence-electron chi connectivity index (χ4n) is 18.1. The normalized spacial score (nSPS) is 21.6. The summed E-state index contributed by atoms with van der Waals surface area (Å²) in [5, 5.41) is 100. The zero-order valence-corrected chi connectivity index (χ0v) is 79.1. The van der Waals surface area contributed by atoms with Crippen molar-refractivity contribution >= 4 is 121 Å². The number of nitrogens with zero attached hydrogens (tertiary/aromatic N) is 17. The number of rotatable bonds is 17. The smallest absolute Gasteiger partial charge is 0.256 e. The summed E-state index contributed by atoms with van der Waals surface area (Å²) in [5.41, 5.74) is 13.0. The molecule has 38 nitrogen and oxygen atoms in total. The lowest BCUT2D eigenvalue weighted by Crippen LogP contribution is -2.27. The molecular formula is C107H99F3N24O14. The third kappa shape index (κ3) is 25.2. The first-order chi connectivity index (χ1) is 70.1. The Kier molecular flexibility index (Phi) is 33.9. The van der Waals surface area contributed by atoms with Crippen LogP contribution in [0.15, 0.2) is 85.9 Å². The van der Waals surface area contributed by atoms with Crippen LogP contribution in [0.1, 0.15) is 337 Å². The monoisotopic (exact) mass is 2000 g/mol. The number of carbonyl (C=O) groups excluding carboxylic acids is 14. The Labute approximate surface area is 847 Å². The molecule has 7 aliphatic carbocycles. The fourth-order valence-corrected chi connectivity index (χ4v) is 18.1. The average Bonchev–Trinajstić information content (AvgIpc) is 1.60. The Morgan fingerprint density at radius 2 is 0.561 bits per heavy atom. The van der Waals surface area contributed by atoms with Crippen LogP contribution in [0.5, 0.6) is 0 Å². The van der Waals surface area contributed by atoms with Gasteiger partial charge in [0.2, 0.25) is 41.4 Å². The van der Waals surface area contributed by atoms with E-state index >= 15 is 0 Å². The Hall–Kier alpha value is -17.8. The van der Waals surface area contributed by atoms with E-state index in [0.29, 0.717) is 150 Å². The van der Waals surface area contributed by atoms with E-state index < -0.39 is 29.7 Å². The Balaban J connectivity index is 0.000000144. The van der Waals surface area contributed by atoms with Crippen LogP contribution in [0.2, 0.25) is 0 Å². The molecule has 14 heterocycles. The number of amides is 7. The van der Waals surface area contributed by atoms with Gasteiger partial charge in [0.15, 0.2) is 57.6 Å². The maximum absolute atomic E-state index is 13.4. The van der Waals surface area contributed by atoms with Gasteiger partial charge in [0, 0.05) is 49.8 Å². The summed E-state index contributed by atoms with van der Waals surface area (Å²) in [5.74, 6) is 4.99. The van der Waals surface area contributed by atoms with Gasteiger partial charge in [-0.05, 0) is 229 Å². The van der Waals surface area contributed by atoms with Crippen molar-refractivity contribution in [2.45, 2.75) is 231 Å². The summed E-state index contributed by atoms with van der Waals surface area (Å²) in [6.07, 6.45) is 42.3. The third-order valence-corrected chi connectivity index (χ3v) is 26.9. The first kappa shape index (κ1) is 108. The minimum atomic E-state index is -2.80. The first-order valence-electron chi connectivity index (χ1n) is 47.1. The second-order valence-electron chi connectivity index (χ2n) is 37.1. The Morgan fingerprint density at radius 1 is 0.331 bits per heavy atom. The van der Waals surface area contributed by atoms with Crippen molar-refractivity contribution in [3.8, 4) is 67.6 Å². The quantitative estimate of drug-likeness (QED) is 0.0329. The number of nitrogens with one attached hydrogen (secondary N) is 7. The van der Waals surface area contributed by atoms with Crippen LogP contribution in [-0.2, 0) is 67.1 Å². The van der Waals surface area contributed by atoms with Crippen molar-refractivity contribution in [2.24, 2.45) is 23.7 Å². The van der Waals surface area contributed by atoms with Gasteiger partial charge in [-0.1, -0.05) is 61.3 Å². The zero-order chi connectivity index (χ0) is 104. The SMILES string of the molecule is C.C.C#Cc1nnc(C2=CNC(=O)CC2=O)cc1C1CC1.C#Cc1nnc(C2=CNC(=O)CC2=O)cc1C1CCC1.C#Cc1nnc(C2=CNC(=O)CC2=O)cc1C1CCCC1.C#Cc1nnc(C2=CNC(=O)CC2=O)cc1[C@@H]1CC1(F)F.CC(C)[C@H]1C[C@@H]1c1cc(C2=CNC(=O)CC2=O)nnc1C#N.CC(F)[C@H]1C[C@@H]1c1cc(C2=CNC(=O)CC2=O)nnc1C#N.CC[C@H]1C[C@@H]1c1cc(C2=CNC(=O)CC2=O)nnc1C#N. The molecule has 7 N–H and O–H groups in total. The largest absolute Gasteiger partial charge is 0.331 e. The molecule has 7 saturated carbocycles. The molecule has 0 radical (unpaired) electrons. The van der Waals surface area contributed by atoms with Crippen molar-refractivity contribution in [3.63, 3.8) is 0 Å². The number of alkyl halides is 3. The number of carbonyl (C=O) groups is 14. The molecule has 14 aliphatic rings. The van der Waals surface area contributed by atoms with Gasteiger partial charge in [0.1, 0.15) is 47.2 Å². The molecule has 0 spiro atoms. The van der Waals surface area contributed by atoms with Gasteiger partial charge in [-0.15, -0.1) is 97.1 Å². The molecule has 7 aromatic rings.